The predicted octanol–water partition coefficient (Wildman–Crippen LogP) is 0.864. The van der Waals surface area contributed by atoms with Crippen LogP contribution >= 0.6 is 0 Å². The number of amides is 1. The van der Waals surface area contributed by atoms with Gasteiger partial charge in [0.25, 0.3) is 0 Å². The minimum atomic E-state index is -0.323. The summed E-state index contributed by atoms with van der Waals surface area (Å²) >= 11 is 0. The molecule has 0 saturated heterocycles. The Morgan fingerprint density at radius 1 is 1.56 bits per heavy atom. The number of hydrogen-bond donors (Lipinski definition) is 2. The molecule has 0 spiro atoms. The highest BCUT2D eigenvalue weighted by Gasteiger charge is 2.39. The highest BCUT2D eigenvalue weighted by atomic mass is 16.2. The minimum Gasteiger partial charge on any atom is -0.351 e. The molecule has 5 heteroatoms. The zero-order valence-corrected chi connectivity index (χ0v) is 11.2. The van der Waals surface area contributed by atoms with Crippen LogP contribution < -0.4 is 11.1 Å². The summed E-state index contributed by atoms with van der Waals surface area (Å²) in [5, 5.41) is 7.28. The van der Waals surface area contributed by atoms with Crippen LogP contribution in [0.15, 0.2) is 6.20 Å². The molecule has 1 aromatic heterocycles. The number of rotatable bonds is 4. The van der Waals surface area contributed by atoms with Crippen LogP contribution in [0.3, 0.4) is 0 Å². The van der Waals surface area contributed by atoms with Gasteiger partial charge in [-0.2, -0.15) is 5.10 Å². The van der Waals surface area contributed by atoms with E-state index >= 15 is 0 Å². The lowest BCUT2D eigenvalue weighted by molar-refractivity contribution is -0.130. The summed E-state index contributed by atoms with van der Waals surface area (Å²) in [7, 11) is 1.89. The Hall–Kier alpha value is -1.36. The lowest BCUT2D eigenvalue weighted by Gasteiger charge is -2.25. The lowest BCUT2D eigenvalue weighted by atomic mass is 9.85. The fourth-order valence-electron chi connectivity index (χ4n) is 2.76. The van der Waals surface area contributed by atoms with Gasteiger partial charge in [-0.1, -0.05) is 12.8 Å². The highest BCUT2D eigenvalue weighted by molar-refractivity contribution is 5.83. The zero-order chi connectivity index (χ0) is 13.2. The Morgan fingerprint density at radius 3 is 2.72 bits per heavy atom. The second-order valence-electron chi connectivity index (χ2n) is 5.29. The van der Waals surface area contributed by atoms with E-state index in [4.69, 9.17) is 5.73 Å². The van der Waals surface area contributed by atoms with Crippen molar-refractivity contribution in [1.82, 2.24) is 15.1 Å². The predicted molar refractivity (Wildman–Crippen MR) is 69.7 cm³/mol. The monoisotopic (exact) mass is 250 g/mol. The minimum absolute atomic E-state index is 0.103. The third kappa shape index (κ3) is 2.41. The molecule has 100 valence electrons. The van der Waals surface area contributed by atoms with E-state index in [2.05, 4.69) is 10.4 Å². The molecule has 1 aromatic rings. The highest BCUT2D eigenvalue weighted by Crippen LogP contribution is 2.37. The van der Waals surface area contributed by atoms with Crippen LogP contribution in [0, 0.1) is 12.3 Å². The molecule has 0 aliphatic heterocycles. The van der Waals surface area contributed by atoms with Crippen LogP contribution in [0.4, 0.5) is 0 Å². The first-order valence-corrected chi connectivity index (χ1v) is 6.55. The number of carbonyl (C=O) groups excluding carboxylic acids is 1. The average Bonchev–Trinajstić information content (AvgIpc) is 2.94. The van der Waals surface area contributed by atoms with Gasteiger partial charge in [0.2, 0.25) is 5.91 Å². The van der Waals surface area contributed by atoms with Crippen molar-refractivity contribution in [3.63, 3.8) is 0 Å². The van der Waals surface area contributed by atoms with Crippen LogP contribution in [-0.2, 0) is 18.4 Å². The number of nitrogens with two attached hydrogens (primary N) is 1. The summed E-state index contributed by atoms with van der Waals surface area (Å²) in [4.78, 5) is 12.3. The number of hydrogen-bond acceptors (Lipinski definition) is 3. The number of nitrogens with zero attached hydrogens (tertiary/aromatic N) is 2. The Bertz CT molecular complexity index is 432. The molecule has 0 bridgehead atoms. The Balaban J connectivity index is 1.97. The molecule has 1 amide bonds. The topological polar surface area (TPSA) is 72.9 Å². The molecular formula is C13H22N4O. The van der Waals surface area contributed by atoms with Crippen LogP contribution in [0.5, 0.6) is 0 Å². The maximum Gasteiger partial charge on any atom is 0.227 e. The summed E-state index contributed by atoms with van der Waals surface area (Å²) < 4.78 is 1.77. The molecule has 3 N–H and O–H groups in total. The first-order chi connectivity index (χ1) is 8.57. The molecule has 2 rings (SSSR count). The maximum absolute atomic E-state index is 12.3. The van der Waals surface area contributed by atoms with E-state index in [1.165, 1.54) is 0 Å². The molecule has 0 aromatic carbocycles. The Kier molecular flexibility index (Phi) is 3.71. The van der Waals surface area contributed by atoms with Crippen molar-refractivity contribution >= 4 is 5.91 Å². The van der Waals surface area contributed by atoms with E-state index in [0.717, 1.165) is 36.9 Å². The van der Waals surface area contributed by atoms with E-state index in [0.29, 0.717) is 13.1 Å². The Labute approximate surface area is 108 Å². The second-order valence-corrected chi connectivity index (χ2v) is 5.29. The van der Waals surface area contributed by atoms with Crippen LogP contribution in [-0.4, -0.2) is 22.2 Å². The van der Waals surface area contributed by atoms with Gasteiger partial charge >= 0.3 is 0 Å². The van der Waals surface area contributed by atoms with Crippen molar-refractivity contribution in [3.8, 4) is 0 Å². The summed E-state index contributed by atoms with van der Waals surface area (Å²) in [6, 6.07) is 0. The molecule has 0 radical (unpaired) electrons. The number of nitrogens with one attached hydrogen (secondary N) is 1. The fourth-order valence-corrected chi connectivity index (χ4v) is 2.76. The molecule has 5 nitrogen and oxygen atoms in total. The van der Waals surface area contributed by atoms with Crippen molar-refractivity contribution < 1.29 is 4.79 Å². The van der Waals surface area contributed by atoms with Crippen molar-refractivity contribution in [2.45, 2.75) is 39.2 Å². The van der Waals surface area contributed by atoms with Gasteiger partial charge in [-0.05, 0) is 19.8 Å². The average molecular weight is 250 g/mol. The molecule has 0 atom stereocenters. The normalized spacial score (nSPS) is 17.9. The molecule has 18 heavy (non-hydrogen) atoms. The van der Waals surface area contributed by atoms with Crippen LogP contribution in [0.2, 0.25) is 0 Å². The Morgan fingerprint density at radius 2 is 2.22 bits per heavy atom. The third-order valence-corrected chi connectivity index (χ3v) is 3.99. The van der Waals surface area contributed by atoms with Gasteiger partial charge in [0, 0.05) is 31.9 Å². The van der Waals surface area contributed by atoms with Gasteiger partial charge < -0.3 is 11.1 Å². The summed E-state index contributed by atoms with van der Waals surface area (Å²) in [6.45, 7) is 2.95. The van der Waals surface area contributed by atoms with Gasteiger partial charge in [-0.3, -0.25) is 9.48 Å². The van der Waals surface area contributed by atoms with Crippen LogP contribution in [0.25, 0.3) is 0 Å². The van der Waals surface area contributed by atoms with Gasteiger partial charge in [-0.25, -0.2) is 0 Å². The molecule has 1 heterocycles. The molecule has 1 aliphatic carbocycles. The molecular weight excluding hydrogens is 228 g/mol. The van der Waals surface area contributed by atoms with E-state index in [9.17, 15) is 4.79 Å². The van der Waals surface area contributed by atoms with Gasteiger partial charge in [0.1, 0.15) is 0 Å². The van der Waals surface area contributed by atoms with E-state index in [-0.39, 0.29) is 11.3 Å². The first kappa shape index (κ1) is 13.1. The molecule has 1 aliphatic rings. The lowest BCUT2D eigenvalue weighted by Crippen LogP contribution is -2.43. The van der Waals surface area contributed by atoms with Crippen molar-refractivity contribution in [2.75, 3.05) is 6.54 Å². The largest absolute Gasteiger partial charge is 0.351 e. The van der Waals surface area contributed by atoms with Crippen LogP contribution in [0.1, 0.15) is 36.9 Å². The standard InChI is InChI=1S/C13H22N4O/c1-10-11(8-17(2)16-10)7-15-12(18)13(9-14)5-3-4-6-13/h8H,3-7,9,14H2,1-2H3,(H,15,18). The molecule has 0 unspecified atom stereocenters. The quantitative estimate of drug-likeness (QED) is 0.832. The van der Waals surface area contributed by atoms with Crippen molar-refractivity contribution in [1.29, 1.82) is 0 Å². The number of aryl methyl sites for hydroxylation is 2. The fraction of sp³-hybridized carbons (Fsp3) is 0.692. The summed E-state index contributed by atoms with van der Waals surface area (Å²) in [6.07, 6.45) is 6.00. The number of aromatic nitrogens is 2. The number of carbonyl (C=O) groups is 1. The third-order valence-electron chi connectivity index (χ3n) is 3.99. The molecule has 1 fully saturated rings. The summed E-state index contributed by atoms with van der Waals surface area (Å²) in [5.74, 6) is 0.103. The molecule has 1 saturated carbocycles. The first-order valence-electron chi connectivity index (χ1n) is 6.55. The van der Waals surface area contributed by atoms with Crippen molar-refractivity contribution in [2.24, 2.45) is 18.2 Å². The van der Waals surface area contributed by atoms with Crippen molar-refractivity contribution in [3.05, 3.63) is 17.5 Å². The summed E-state index contributed by atoms with van der Waals surface area (Å²) in [5.41, 5.74) is 7.50. The van der Waals surface area contributed by atoms with Gasteiger partial charge in [-0.15, -0.1) is 0 Å². The zero-order valence-electron chi connectivity index (χ0n) is 11.2. The van der Waals surface area contributed by atoms with Gasteiger partial charge in [0.05, 0.1) is 11.1 Å². The van der Waals surface area contributed by atoms with E-state index in [1.807, 2.05) is 20.2 Å². The SMILES string of the molecule is Cc1nn(C)cc1CNC(=O)C1(CN)CCCC1. The van der Waals surface area contributed by atoms with E-state index < -0.39 is 0 Å². The maximum atomic E-state index is 12.3. The smallest absolute Gasteiger partial charge is 0.227 e. The second kappa shape index (κ2) is 5.10. The van der Waals surface area contributed by atoms with Gasteiger partial charge in [0.15, 0.2) is 0 Å². The van der Waals surface area contributed by atoms with E-state index in [1.54, 1.807) is 4.68 Å².